The molecule has 1 aromatic rings. The minimum atomic E-state index is -0.962. The van der Waals surface area contributed by atoms with Crippen LogP contribution in [0.25, 0.3) is 0 Å². The van der Waals surface area contributed by atoms with Gasteiger partial charge < -0.3 is 5.32 Å². The fourth-order valence-electron chi connectivity index (χ4n) is 1.54. The van der Waals surface area contributed by atoms with Crippen molar-refractivity contribution in [2.75, 3.05) is 17.6 Å². The van der Waals surface area contributed by atoms with Gasteiger partial charge in [0.15, 0.2) is 0 Å². The van der Waals surface area contributed by atoms with Crippen LogP contribution in [-0.2, 0) is 24.3 Å². The summed E-state index contributed by atoms with van der Waals surface area (Å²) in [5.74, 6) is 1.10. The van der Waals surface area contributed by atoms with Gasteiger partial charge in [0, 0.05) is 41.0 Å². The summed E-state index contributed by atoms with van der Waals surface area (Å²) < 4.78 is 13.2. The highest BCUT2D eigenvalue weighted by atomic mass is 32.2. The Bertz CT molecular complexity index is 491. The normalized spacial score (nSPS) is 13.1. The van der Waals surface area contributed by atoms with E-state index in [0.29, 0.717) is 18.1 Å². The first kappa shape index (κ1) is 16.7. The van der Waals surface area contributed by atoms with E-state index in [1.165, 1.54) is 0 Å². The van der Waals surface area contributed by atoms with Gasteiger partial charge in [-0.3, -0.25) is 14.2 Å². The maximum Gasteiger partial charge on any atom is 0.320 e. The molecule has 1 aromatic heterocycles. The molecular weight excluding hydrogens is 276 g/mol. The van der Waals surface area contributed by atoms with Gasteiger partial charge in [-0.1, -0.05) is 6.92 Å². The zero-order valence-corrected chi connectivity index (χ0v) is 13.6. The molecule has 0 saturated carbocycles. The van der Waals surface area contributed by atoms with Gasteiger partial charge in [0.25, 0.3) is 0 Å². The fourth-order valence-corrected chi connectivity index (χ4v) is 2.44. The first-order chi connectivity index (χ1) is 9.24. The Morgan fingerprint density at radius 2 is 2.10 bits per heavy atom. The molecule has 0 radical (unpaired) electrons. The second-order valence-corrected chi connectivity index (χ2v) is 7.87. The van der Waals surface area contributed by atoms with Gasteiger partial charge in [-0.15, -0.1) is 0 Å². The van der Waals surface area contributed by atoms with E-state index >= 15 is 0 Å². The average molecular weight is 300 g/mol. The van der Waals surface area contributed by atoms with Gasteiger partial charge in [-0.25, -0.2) is 4.79 Å². The number of hydrogen-bond acceptors (Lipinski definition) is 3. The molecule has 114 valence electrons. The number of rotatable bonds is 5. The molecule has 0 fully saturated rings. The van der Waals surface area contributed by atoms with Crippen LogP contribution in [0.2, 0.25) is 0 Å². The molecule has 2 amide bonds. The van der Waals surface area contributed by atoms with Crippen molar-refractivity contribution in [3.05, 3.63) is 11.8 Å². The van der Waals surface area contributed by atoms with E-state index in [1.54, 1.807) is 11.7 Å². The zero-order chi connectivity index (χ0) is 15.3. The number of nitrogens with zero attached hydrogens (tertiary/aromatic N) is 2. The molecular formula is C13H24N4O2S. The maximum atomic E-state index is 11.8. The Morgan fingerprint density at radius 3 is 2.60 bits per heavy atom. The van der Waals surface area contributed by atoms with Crippen molar-refractivity contribution in [3.63, 3.8) is 0 Å². The third-order valence-corrected chi connectivity index (χ3v) is 4.73. The molecule has 0 aliphatic heterocycles. The van der Waals surface area contributed by atoms with Crippen LogP contribution in [0.3, 0.4) is 0 Å². The molecule has 0 aromatic carbocycles. The minimum Gasteiger partial charge on any atom is -0.337 e. The van der Waals surface area contributed by atoms with Gasteiger partial charge >= 0.3 is 6.03 Å². The molecule has 6 nitrogen and oxygen atoms in total. The molecule has 0 aliphatic carbocycles. The molecule has 1 rings (SSSR count). The summed E-state index contributed by atoms with van der Waals surface area (Å²) >= 11 is 0. The second-order valence-electron chi connectivity index (χ2n) is 5.54. The standard InChI is InChI=1S/C13H24N4O2S/c1-6-10-9-11(17(5)16-10)15-12(18)14-7-8-20(19)13(2,3)4/h9H,6-8H2,1-5H3,(H2,14,15,18). The van der Waals surface area contributed by atoms with Crippen molar-refractivity contribution in [2.45, 2.75) is 38.9 Å². The molecule has 0 spiro atoms. The van der Waals surface area contributed by atoms with Gasteiger partial charge in [-0.2, -0.15) is 5.10 Å². The smallest absolute Gasteiger partial charge is 0.320 e. The van der Waals surface area contributed by atoms with Crippen molar-refractivity contribution >= 4 is 22.6 Å². The number of aryl methyl sites for hydroxylation is 2. The van der Waals surface area contributed by atoms with Crippen LogP contribution < -0.4 is 10.6 Å². The second kappa shape index (κ2) is 6.88. The topological polar surface area (TPSA) is 76.0 Å². The highest BCUT2D eigenvalue weighted by molar-refractivity contribution is 7.86. The predicted octanol–water partition coefficient (Wildman–Crippen LogP) is 1.65. The number of anilines is 1. The highest BCUT2D eigenvalue weighted by Gasteiger charge is 2.19. The summed E-state index contributed by atoms with van der Waals surface area (Å²) in [4.78, 5) is 11.7. The lowest BCUT2D eigenvalue weighted by molar-refractivity contribution is 0.252. The summed E-state index contributed by atoms with van der Waals surface area (Å²) in [7, 11) is 0.819. The van der Waals surface area contributed by atoms with Crippen LogP contribution >= 0.6 is 0 Å². The van der Waals surface area contributed by atoms with Crippen LogP contribution in [0.5, 0.6) is 0 Å². The minimum absolute atomic E-state index is 0.254. The molecule has 0 saturated heterocycles. The van der Waals surface area contributed by atoms with Crippen LogP contribution in [-0.4, -0.2) is 37.1 Å². The number of hydrogen-bond donors (Lipinski definition) is 2. The SMILES string of the molecule is CCc1cc(NC(=O)NCCS(=O)C(C)(C)C)n(C)n1. The molecule has 1 atom stereocenters. The van der Waals surface area contributed by atoms with Gasteiger partial charge in [0.2, 0.25) is 0 Å². The Kier molecular flexibility index (Phi) is 5.74. The molecule has 7 heteroatoms. The molecule has 1 heterocycles. The first-order valence-corrected chi connectivity index (χ1v) is 8.02. The monoisotopic (exact) mass is 300 g/mol. The summed E-state index contributed by atoms with van der Waals surface area (Å²) in [6.45, 7) is 8.16. The number of aromatic nitrogens is 2. The number of carbonyl (C=O) groups is 1. The van der Waals surface area contributed by atoms with Crippen LogP contribution in [0, 0.1) is 0 Å². The Labute approximate surface area is 122 Å². The molecule has 0 aliphatic rings. The lowest BCUT2D eigenvalue weighted by atomic mass is 10.3. The van der Waals surface area contributed by atoms with E-state index in [9.17, 15) is 9.00 Å². The van der Waals surface area contributed by atoms with E-state index in [-0.39, 0.29) is 10.8 Å². The lowest BCUT2D eigenvalue weighted by Crippen LogP contribution is -2.35. The number of nitrogens with one attached hydrogen (secondary N) is 2. The summed E-state index contributed by atoms with van der Waals surface area (Å²) in [6.07, 6.45) is 0.821. The van der Waals surface area contributed by atoms with Crippen molar-refractivity contribution in [1.82, 2.24) is 15.1 Å². The number of carbonyl (C=O) groups excluding carboxylic acids is 1. The summed E-state index contributed by atoms with van der Waals surface area (Å²) in [5.41, 5.74) is 0.927. The lowest BCUT2D eigenvalue weighted by Gasteiger charge is -2.17. The Balaban J connectivity index is 2.41. The van der Waals surface area contributed by atoms with Crippen molar-refractivity contribution in [2.24, 2.45) is 7.05 Å². The number of urea groups is 1. The van der Waals surface area contributed by atoms with Gasteiger partial charge in [0.05, 0.1) is 5.69 Å². The predicted molar refractivity (Wildman–Crippen MR) is 82.4 cm³/mol. The van der Waals surface area contributed by atoms with Crippen LogP contribution in [0.1, 0.15) is 33.4 Å². The van der Waals surface area contributed by atoms with Gasteiger partial charge in [-0.05, 0) is 27.2 Å². The maximum absolute atomic E-state index is 11.8. The zero-order valence-electron chi connectivity index (χ0n) is 12.8. The summed E-state index contributed by atoms with van der Waals surface area (Å²) in [5, 5.41) is 9.68. The van der Waals surface area contributed by atoms with E-state index in [0.717, 1.165) is 12.1 Å². The van der Waals surface area contributed by atoms with Crippen molar-refractivity contribution in [3.8, 4) is 0 Å². The number of amides is 2. The van der Waals surface area contributed by atoms with Crippen LogP contribution in [0.15, 0.2) is 6.07 Å². The highest BCUT2D eigenvalue weighted by Crippen LogP contribution is 2.11. The average Bonchev–Trinajstić information content (AvgIpc) is 2.69. The Morgan fingerprint density at radius 1 is 1.45 bits per heavy atom. The van der Waals surface area contributed by atoms with Crippen LogP contribution in [0.4, 0.5) is 10.6 Å². The third kappa shape index (κ3) is 4.96. The van der Waals surface area contributed by atoms with Crippen molar-refractivity contribution in [1.29, 1.82) is 0 Å². The molecule has 20 heavy (non-hydrogen) atoms. The quantitative estimate of drug-likeness (QED) is 0.868. The largest absolute Gasteiger partial charge is 0.337 e. The van der Waals surface area contributed by atoms with Crippen molar-refractivity contribution < 1.29 is 9.00 Å². The van der Waals surface area contributed by atoms with E-state index in [4.69, 9.17) is 0 Å². The molecule has 1 unspecified atom stereocenters. The van der Waals surface area contributed by atoms with E-state index in [1.807, 2.05) is 33.8 Å². The van der Waals surface area contributed by atoms with E-state index < -0.39 is 10.8 Å². The molecule has 2 N–H and O–H groups in total. The fraction of sp³-hybridized carbons (Fsp3) is 0.692. The molecule has 0 bridgehead atoms. The third-order valence-electron chi connectivity index (χ3n) is 2.79. The van der Waals surface area contributed by atoms with Gasteiger partial charge in [0.1, 0.15) is 5.82 Å². The van der Waals surface area contributed by atoms with E-state index in [2.05, 4.69) is 15.7 Å². The Hall–Kier alpha value is -1.37. The first-order valence-electron chi connectivity index (χ1n) is 6.70. The summed E-state index contributed by atoms with van der Waals surface area (Å²) in [6, 6.07) is 1.54.